The Morgan fingerprint density at radius 1 is 1.18 bits per heavy atom. The summed E-state index contributed by atoms with van der Waals surface area (Å²) in [7, 11) is 4.31. The van der Waals surface area contributed by atoms with E-state index in [0.29, 0.717) is 6.04 Å². The van der Waals surface area contributed by atoms with Gasteiger partial charge in [-0.25, -0.2) is 0 Å². The fourth-order valence-electron chi connectivity index (χ4n) is 2.65. The number of hydrogen-bond acceptors (Lipinski definition) is 3. The van der Waals surface area contributed by atoms with Crippen LogP contribution < -0.4 is 0 Å². The standard InChI is InChI=1S/C14H30N2O/c1-12(2)7-5-8-14(17)13-11-15(3)9-6-10-16(13)4/h12-14,17H,5-11H2,1-4H3. The molecule has 0 aromatic carbocycles. The number of aliphatic hydroxyl groups is 1. The van der Waals surface area contributed by atoms with Gasteiger partial charge in [0.15, 0.2) is 0 Å². The van der Waals surface area contributed by atoms with Gasteiger partial charge >= 0.3 is 0 Å². The van der Waals surface area contributed by atoms with Gasteiger partial charge in [-0.1, -0.05) is 26.7 Å². The zero-order valence-electron chi connectivity index (χ0n) is 12.0. The highest BCUT2D eigenvalue weighted by atomic mass is 16.3. The van der Waals surface area contributed by atoms with Crippen LogP contribution in [-0.2, 0) is 0 Å². The van der Waals surface area contributed by atoms with Gasteiger partial charge < -0.3 is 10.0 Å². The van der Waals surface area contributed by atoms with Crippen molar-refractivity contribution in [2.75, 3.05) is 33.7 Å². The number of likely N-dealkylation sites (N-methyl/N-ethyl adjacent to an activating group) is 2. The molecule has 1 aliphatic rings. The number of rotatable bonds is 5. The Kier molecular flexibility index (Phi) is 6.45. The molecule has 2 atom stereocenters. The molecule has 0 amide bonds. The summed E-state index contributed by atoms with van der Waals surface area (Å²) in [6, 6.07) is 0.315. The lowest BCUT2D eigenvalue weighted by molar-refractivity contribution is 0.0496. The van der Waals surface area contributed by atoms with Gasteiger partial charge in [0.2, 0.25) is 0 Å². The van der Waals surface area contributed by atoms with Crippen LogP contribution in [0.2, 0.25) is 0 Å². The molecule has 1 aliphatic heterocycles. The largest absolute Gasteiger partial charge is 0.391 e. The lowest BCUT2D eigenvalue weighted by Gasteiger charge is -2.31. The molecule has 0 aliphatic carbocycles. The van der Waals surface area contributed by atoms with Gasteiger partial charge in [0.25, 0.3) is 0 Å². The summed E-state index contributed by atoms with van der Waals surface area (Å²) in [6.07, 6.45) is 4.36. The second kappa shape index (κ2) is 7.34. The van der Waals surface area contributed by atoms with E-state index in [4.69, 9.17) is 0 Å². The molecule has 0 saturated carbocycles. The summed E-state index contributed by atoms with van der Waals surface area (Å²) in [5.41, 5.74) is 0. The summed E-state index contributed by atoms with van der Waals surface area (Å²) in [5.74, 6) is 0.747. The Morgan fingerprint density at radius 3 is 2.53 bits per heavy atom. The third kappa shape index (κ3) is 5.36. The van der Waals surface area contributed by atoms with E-state index in [1.807, 2.05) is 0 Å². The van der Waals surface area contributed by atoms with E-state index < -0.39 is 0 Å². The van der Waals surface area contributed by atoms with Crippen LogP contribution in [0.5, 0.6) is 0 Å². The molecule has 0 radical (unpaired) electrons. The Morgan fingerprint density at radius 2 is 1.88 bits per heavy atom. The molecular weight excluding hydrogens is 212 g/mol. The second-order valence-corrected chi connectivity index (χ2v) is 6.06. The van der Waals surface area contributed by atoms with Gasteiger partial charge in [-0.2, -0.15) is 0 Å². The van der Waals surface area contributed by atoms with Gasteiger partial charge in [-0.3, -0.25) is 4.90 Å². The highest BCUT2D eigenvalue weighted by Crippen LogP contribution is 2.16. The van der Waals surface area contributed by atoms with Crippen molar-refractivity contribution in [1.82, 2.24) is 9.80 Å². The third-order valence-electron chi connectivity index (χ3n) is 3.84. The third-order valence-corrected chi connectivity index (χ3v) is 3.84. The van der Waals surface area contributed by atoms with Gasteiger partial charge in [0.05, 0.1) is 6.10 Å². The first-order chi connectivity index (χ1) is 8.00. The van der Waals surface area contributed by atoms with Crippen LogP contribution in [0.1, 0.15) is 39.5 Å². The summed E-state index contributed by atoms with van der Waals surface area (Å²) in [6.45, 7) is 7.75. The molecule has 102 valence electrons. The molecule has 1 heterocycles. The fraction of sp³-hybridized carbons (Fsp3) is 1.00. The average molecular weight is 242 g/mol. The van der Waals surface area contributed by atoms with Gasteiger partial charge in [0.1, 0.15) is 0 Å². The minimum absolute atomic E-state index is 0.167. The highest BCUT2D eigenvalue weighted by Gasteiger charge is 2.26. The number of aliphatic hydroxyl groups excluding tert-OH is 1. The van der Waals surface area contributed by atoms with Crippen molar-refractivity contribution in [3.8, 4) is 0 Å². The van der Waals surface area contributed by atoms with Crippen molar-refractivity contribution in [1.29, 1.82) is 0 Å². The van der Waals surface area contributed by atoms with Crippen LogP contribution >= 0.6 is 0 Å². The maximum Gasteiger partial charge on any atom is 0.0707 e. The highest BCUT2D eigenvalue weighted by molar-refractivity contribution is 4.82. The maximum absolute atomic E-state index is 10.3. The van der Waals surface area contributed by atoms with Crippen LogP contribution in [0.4, 0.5) is 0 Å². The lowest BCUT2D eigenvalue weighted by atomic mass is 9.99. The number of hydrogen-bond donors (Lipinski definition) is 1. The quantitative estimate of drug-likeness (QED) is 0.796. The Hall–Kier alpha value is -0.120. The van der Waals surface area contributed by atoms with Crippen LogP contribution in [0.3, 0.4) is 0 Å². The Bertz CT molecular complexity index is 208. The van der Waals surface area contributed by atoms with Crippen molar-refractivity contribution in [2.45, 2.75) is 51.7 Å². The van der Waals surface area contributed by atoms with Crippen molar-refractivity contribution in [3.05, 3.63) is 0 Å². The van der Waals surface area contributed by atoms with Crippen LogP contribution in [0.15, 0.2) is 0 Å². The molecule has 3 heteroatoms. The summed E-state index contributed by atoms with van der Waals surface area (Å²) >= 11 is 0. The van der Waals surface area contributed by atoms with E-state index in [0.717, 1.165) is 38.4 Å². The Labute approximate surface area is 107 Å². The van der Waals surface area contributed by atoms with Crippen molar-refractivity contribution >= 4 is 0 Å². The molecule has 0 aromatic rings. The van der Waals surface area contributed by atoms with Gasteiger partial charge in [-0.15, -0.1) is 0 Å². The molecule has 0 bridgehead atoms. The first-order valence-electron chi connectivity index (χ1n) is 7.07. The molecule has 1 saturated heterocycles. The molecule has 0 aromatic heterocycles. The van der Waals surface area contributed by atoms with Crippen LogP contribution in [0.25, 0.3) is 0 Å². The van der Waals surface area contributed by atoms with E-state index in [-0.39, 0.29) is 6.10 Å². The molecule has 0 spiro atoms. The van der Waals surface area contributed by atoms with Crippen molar-refractivity contribution in [3.63, 3.8) is 0 Å². The molecule has 1 fully saturated rings. The fourth-order valence-corrected chi connectivity index (χ4v) is 2.65. The zero-order chi connectivity index (χ0) is 12.8. The van der Waals surface area contributed by atoms with E-state index in [1.165, 1.54) is 12.8 Å². The molecular formula is C14H30N2O. The summed E-state index contributed by atoms with van der Waals surface area (Å²) in [4.78, 5) is 4.68. The minimum Gasteiger partial charge on any atom is -0.391 e. The predicted octanol–water partition coefficient (Wildman–Crippen LogP) is 1.81. The molecule has 17 heavy (non-hydrogen) atoms. The first kappa shape index (κ1) is 14.9. The number of nitrogens with zero attached hydrogens (tertiary/aromatic N) is 2. The minimum atomic E-state index is -0.167. The maximum atomic E-state index is 10.3. The summed E-state index contributed by atoms with van der Waals surface area (Å²) < 4.78 is 0. The Balaban J connectivity index is 2.38. The van der Waals surface area contributed by atoms with Crippen LogP contribution in [-0.4, -0.2) is 60.8 Å². The van der Waals surface area contributed by atoms with Gasteiger partial charge in [-0.05, 0) is 45.9 Å². The molecule has 3 nitrogen and oxygen atoms in total. The van der Waals surface area contributed by atoms with Crippen LogP contribution in [0, 0.1) is 5.92 Å². The second-order valence-electron chi connectivity index (χ2n) is 6.06. The lowest BCUT2D eigenvalue weighted by Crippen LogP contribution is -2.46. The SMILES string of the molecule is CC(C)CCCC(O)C1CN(C)CCCN1C. The predicted molar refractivity (Wildman–Crippen MR) is 73.2 cm³/mol. The van der Waals surface area contributed by atoms with E-state index in [2.05, 4.69) is 37.7 Å². The van der Waals surface area contributed by atoms with E-state index >= 15 is 0 Å². The zero-order valence-corrected chi connectivity index (χ0v) is 12.0. The summed E-state index contributed by atoms with van der Waals surface area (Å²) in [5, 5.41) is 10.3. The van der Waals surface area contributed by atoms with Crippen molar-refractivity contribution < 1.29 is 5.11 Å². The normalized spacial score (nSPS) is 26.1. The first-order valence-corrected chi connectivity index (χ1v) is 7.07. The average Bonchev–Trinajstić information content (AvgIpc) is 2.40. The molecule has 1 rings (SSSR count). The van der Waals surface area contributed by atoms with Gasteiger partial charge in [0, 0.05) is 12.6 Å². The topological polar surface area (TPSA) is 26.7 Å². The molecule has 1 N–H and O–H groups in total. The smallest absolute Gasteiger partial charge is 0.0707 e. The monoisotopic (exact) mass is 242 g/mol. The molecule has 2 unspecified atom stereocenters. The van der Waals surface area contributed by atoms with E-state index in [1.54, 1.807) is 0 Å². The van der Waals surface area contributed by atoms with E-state index in [9.17, 15) is 5.11 Å². The van der Waals surface area contributed by atoms with Crippen molar-refractivity contribution in [2.24, 2.45) is 5.92 Å².